The van der Waals surface area contributed by atoms with Crippen molar-refractivity contribution < 1.29 is 22.5 Å². The molecule has 1 aromatic heterocycles. The molecule has 3 rings (SSSR count). The highest BCUT2D eigenvalue weighted by atomic mass is 35.5. The van der Waals surface area contributed by atoms with E-state index in [1.807, 2.05) is 27.7 Å². The van der Waals surface area contributed by atoms with Crippen molar-refractivity contribution in [1.29, 1.82) is 0 Å². The quantitative estimate of drug-likeness (QED) is 0.187. The Balaban J connectivity index is 2.27. The Morgan fingerprint density at radius 1 is 1.18 bits per heavy atom. The van der Waals surface area contributed by atoms with Crippen molar-refractivity contribution >= 4 is 40.0 Å². The van der Waals surface area contributed by atoms with E-state index in [9.17, 15) is 27.3 Å². The molecule has 0 fully saturated rings. The lowest BCUT2D eigenvalue weighted by atomic mass is 9.88. The minimum absolute atomic E-state index is 0.0738. The van der Waals surface area contributed by atoms with Gasteiger partial charge < -0.3 is 13.7 Å². The lowest BCUT2D eigenvalue weighted by Crippen LogP contribution is -2.41. The molecule has 0 amide bonds. The summed E-state index contributed by atoms with van der Waals surface area (Å²) >= 11 is 2.65. The second-order valence-corrected chi connectivity index (χ2v) is 13.4. The van der Waals surface area contributed by atoms with Crippen LogP contribution in [0.25, 0.3) is 11.1 Å². The van der Waals surface area contributed by atoms with Gasteiger partial charge in [0.25, 0.3) is 5.56 Å². The Kier molecular flexibility index (Phi) is 10.9. The first-order valence-electron chi connectivity index (χ1n) is 12.6. The van der Waals surface area contributed by atoms with Gasteiger partial charge >= 0.3 is 0 Å². The van der Waals surface area contributed by atoms with Gasteiger partial charge in [-0.3, -0.25) is 13.8 Å². The van der Waals surface area contributed by atoms with E-state index < -0.39 is 45.0 Å². The van der Waals surface area contributed by atoms with Crippen LogP contribution in [0.15, 0.2) is 53.5 Å². The summed E-state index contributed by atoms with van der Waals surface area (Å²) in [5.41, 5.74) is 2.27. The molecule has 12 heteroatoms. The molecule has 3 atom stereocenters. The van der Waals surface area contributed by atoms with Crippen molar-refractivity contribution in [3.8, 4) is 11.1 Å². The predicted octanol–water partition coefficient (Wildman–Crippen LogP) is 4.50. The van der Waals surface area contributed by atoms with E-state index in [0.717, 1.165) is 0 Å². The fraction of sp³-hybridized carbons (Fsp3) is 0.357. The number of nitrogens with zero attached hydrogens (tertiary/aromatic N) is 1. The lowest BCUT2D eigenvalue weighted by Gasteiger charge is -2.29. The number of nitrogens with one attached hydrogen (secondary N) is 2. The zero-order valence-corrected chi connectivity index (χ0v) is 25.3. The number of carbonyl (C=O) groups excluding carboxylic acids is 1. The average molecular weight is 609 g/mol. The van der Waals surface area contributed by atoms with Crippen LogP contribution in [0.2, 0.25) is 5.02 Å². The first kappa shape index (κ1) is 32.1. The fourth-order valence-corrected chi connectivity index (χ4v) is 5.51. The summed E-state index contributed by atoms with van der Waals surface area (Å²) in [4.78, 5) is 26.5. The van der Waals surface area contributed by atoms with E-state index >= 15 is 0 Å². The average Bonchev–Trinajstić information content (AvgIpc) is 2.88. The molecule has 0 spiro atoms. The molecule has 216 valence electrons. The van der Waals surface area contributed by atoms with Gasteiger partial charge in [0.05, 0.1) is 6.04 Å². The van der Waals surface area contributed by atoms with Gasteiger partial charge in [-0.25, -0.2) is 9.11 Å². The van der Waals surface area contributed by atoms with Crippen LogP contribution in [-0.4, -0.2) is 35.0 Å². The topological polar surface area (TPSA) is 126 Å². The van der Waals surface area contributed by atoms with Crippen molar-refractivity contribution in [3.63, 3.8) is 0 Å². The SMILES string of the molecule is CCC(N[S+]([O-])C(C)(C)C)c1cc(=O)n(C)cc1-c1cc(CCNS(=O)[O-])c(Cl)cc1C(=O)c1ccc(F)cc1. The third-order valence-corrected chi connectivity index (χ3v) is 8.69. The number of pyridine rings is 1. The van der Waals surface area contributed by atoms with Gasteiger partial charge in [-0.1, -0.05) is 18.5 Å². The number of aromatic nitrogens is 1. The molecule has 1 heterocycles. The zero-order valence-electron chi connectivity index (χ0n) is 22.9. The van der Waals surface area contributed by atoms with E-state index in [2.05, 4.69) is 9.44 Å². The Bertz CT molecular complexity index is 1460. The molecule has 40 heavy (non-hydrogen) atoms. The van der Waals surface area contributed by atoms with Gasteiger partial charge in [0.1, 0.15) is 10.6 Å². The van der Waals surface area contributed by atoms with E-state index in [0.29, 0.717) is 28.7 Å². The first-order valence-corrected chi connectivity index (χ1v) is 15.2. The van der Waals surface area contributed by atoms with Crippen LogP contribution >= 0.6 is 11.6 Å². The van der Waals surface area contributed by atoms with Crippen molar-refractivity contribution in [1.82, 2.24) is 14.0 Å². The largest absolute Gasteiger partial charge is 0.760 e. The predicted molar refractivity (Wildman–Crippen MR) is 157 cm³/mol. The van der Waals surface area contributed by atoms with Gasteiger partial charge in [0.2, 0.25) is 0 Å². The monoisotopic (exact) mass is 608 g/mol. The molecule has 3 aromatic rings. The van der Waals surface area contributed by atoms with Gasteiger partial charge in [0, 0.05) is 70.2 Å². The van der Waals surface area contributed by atoms with Crippen molar-refractivity contribution in [3.05, 3.63) is 92.1 Å². The summed E-state index contributed by atoms with van der Waals surface area (Å²) in [6, 6.07) is 9.29. The summed E-state index contributed by atoms with van der Waals surface area (Å²) in [5, 5.41) is 0.248. The Labute approximate surface area is 244 Å². The second-order valence-electron chi connectivity index (χ2n) is 10.3. The maximum absolute atomic E-state index is 13.7. The van der Waals surface area contributed by atoms with E-state index in [1.54, 1.807) is 19.3 Å². The Hall–Kier alpha value is -2.38. The van der Waals surface area contributed by atoms with Gasteiger partial charge in [0.15, 0.2) is 5.78 Å². The van der Waals surface area contributed by atoms with Crippen molar-refractivity contribution in [2.75, 3.05) is 6.54 Å². The van der Waals surface area contributed by atoms with Crippen LogP contribution in [0.5, 0.6) is 0 Å². The van der Waals surface area contributed by atoms with Crippen LogP contribution in [-0.2, 0) is 36.1 Å². The summed E-state index contributed by atoms with van der Waals surface area (Å²) in [6.45, 7) is 7.47. The smallest absolute Gasteiger partial charge is 0.250 e. The van der Waals surface area contributed by atoms with Crippen molar-refractivity contribution in [2.45, 2.75) is 51.3 Å². The van der Waals surface area contributed by atoms with E-state index in [4.69, 9.17) is 11.6 Å². The van der Waals surface area contributed by atoms with Crippen LogP contribution in [0.4, 0.5) is 4.39 Å². The highest BCUT2D eigenvalue weighted by Crippen LogP contribution is 2.36. The number of ketones is 1. The highest BCUT2D eigenvalue weighted by Gasteiger charge is 2.31. The minimum atomic E-state index is -2.46. The van der Waals surface area contributed by atoms with Gasteiger partial charge in [-0.05, 0) is 86.7 Å². The van der Waals surface area contributed by atoms with E-state index in [1.165, 1.54) is 41.0 Å². The van der Waals surface area contributed by atoms with Crippen LogP contribution in [0, 0.1) is 5.82 Å². The molecule has 2 N–H and O–H groups in total. The maximum atomic E-state index is 13.7. The van der Waals surface area contributed by atoms with Crippen molar-refractivity contribution in [2.24, 2.45) is 7.05 Å². The van der Waals surface area contributed by atoms with Crippen LogP contribution < -0.4 is 15.0 Å². The molecule has 3 unspecified atom stereocenters. The number of hydrogen-bond donors (Lipinski definition) is 2. The molecule has 0 aliphatic rings. The van der Waals surface area contributed by atoms with E-state index in [-0.39, 0.29) is 34.7 Å². The lowest BCUT2D eigenvalue weighted by molar-refractivity contribution is 0.103. The summed E-state index contributed by atoms with van der Waals surface area (Å²) in [6.07, 6.45) is 2.33. The number of halogens is 2. The molecular weight excluding hydrogens is 577 g/mol. The van der Waals surface area contributed by atoms with Crippen LogP contribution in [0.1, 0.15) is 67.2 Å². The number of carbonyl (C=O) groups is 1. The summed E-state index contributed by atoms with van der Waals surface area (Å²) in [7, 11) is 1.59. The molecule has 8 nitrogen and oxygen atoms in total. The molecule has 0 aliphatic carbocycles. The Morgan fingerprint density at radius 2 is 1.82 bits per heavy atom. The number of hydrogen-bond acceptors (Lipinski definition) is 6. The molecule has 0 aliphatic heterocycles. The molecule has 0 saturated heterocycles. The molecule has 0 bridgehead atoms. The highest BCUT2D eigenvalue weighted by molar-refractivity contribution is 7.90. The van der Waals surface area contributed by atoms with Gasteiger partial charge in [-0.2, -0.15) is 0 Å². The molecule has 0 radical (unpaired) electrons. The third-order valence-electron chi connectivity index (χ3n) is 6.29. The normalized spacial score (nSPS) is 14.1. The number of benzene rings is 2. The second kappa shape index (κ2) is 13.5. The standard InChI is InChI=1S/C28H33ClFN3O5S2/c1-6-25(32-39(36)28(2,3)4)21-15-26(34)33(5)16-23(21)20-13-18(11-12-31-40(37)38)24(29)14-22(20)27(35)17-7-9-19(30)10-8-17/h7-10,13-16,25,31-32H,6,11-12H2,1-5H3,(H,37,38)/p-1. The fourth-order valence-electron chi connectivity index (χ4n) is 4.08. The number of aryl methyl sites for hydroxylation is 1. The first-order chi connectivity index (χ1) is 18.7. The molecular formula is C28H32ClFN3O5S2-. The number of rotatable bonds is 11. The minimum Gasteiger partial charge on any atom is -0.760 e. The third kappa shape index (κ3) is 7.88. The van der Waals surface area contributed by atoms with Gasteiger partial charge in [-0.15, -0.1) is 4.72 Å². The maximum Gasteiger partial charge on any atom is 0.250 e. The molecule has 0 saturated carbocycles. The zero-order chi connectivity index (χ0) is 29.8. The summed E-state index contributed by atoms with van der Waals surface area (Å²) < 4.78 is 54.8. The van der Waals surface area contributed by atoms with Crippen LogP contribution in [0.3, 0.4) is 0 Å². The molecule has 2 aromatic carbocycles. The Morgan fingerprint density at radius 3 is 2.40 bits per heavy atom. The summed E-state index contributed by atoms with van der Waals surface area (Å²) in [5.74, 6) is -0.904.